The van der Waals surface area contributed by atoms with Gasteiger partial charge in [0.2, 0.25) is 0 Å². The fourth-order valence-electron chi connectivity index (χ4n) is 6.32. The van der Waals surface area contributed by atoms with Crippen molar-refractivity contribution in [3.8, 4) is 22.5 Å². The number of hydrogen-bond donors (Lipinski definition) is 2. The van der Waals surface area contributed by atoms with Crippen molar-refractivity contribution in [3.63, 3.8) is 0 Å². The molecule has 8 rings (SSSR count). The van der Waals surface area contributed by atoms with Crippen molar-refractivity contribution in [3.05, 3.63) is 140 Å². The third-order valence-corrected chi connectivity index (χ3v) is 8.14. The fraction of sp³-hybridized carbons (Fsp3) is 0. The number of rotatable bonds is 4. The zero-order chi connectivity index (χ0) is 27.5. The van der Waals surface area contributed by atoms with E-state index in [9.17, 15) is 10.0 Å². The normalized spacial score (nSPS) is 11.7. The van der Waals surface area contributed by atoms with E-state index >= 15 is 0 Å². The summed E-state index contributed by atoms with van der Waals surface area (Å²) in [5, 5.41) is 24.1. The van der Waals surface area contributed by atoms with Crippen LogP contribution in [0.1, 0.15) is 0 Å². The van der Waals surface area contributed by atoms with Gasteiger partial charge in [-0.1, -0.05) is 97.1 Å². The van der Waals surface area contributed by atoms with Crippen molar-refractivity contribution in [1.82, 2.24) is 9.13 Å². The van der Waals surface area contributed by atoms with E-state index in [0.717, 1.165) is 44.2 Å². The van der Waals surface area contributed by atoms with Crippen molar-refractivity contribution >= 4 is 56.2 Å². The number of fused-ring (bicyclic) bond motifs is 6. The quantitative estimate of drug-likeness (QED) is 0.237. The second-order valence-electron chi connectivity index (χ2n) is 10.4. The summed E-state index contributed by atoms with van der Waals surface area (Å²) in [6.45, 7) is 0. The maximum absolute atomic E-state index is 9.83. The zero-order valence-corrected chi connectivity index (χ0v) is 22.1. The number of aromatic nitrogens is 2. The van der Waals surface area contributed by atoms with Crippen LogP contribution < -0.4 is 5.46 Å². The Morgan fingerprint density at radius 1 is 0.439 bits per heavy atom. The molecule has 0 unspecified atom stereocenters. The van der Waals surface area contributed by atoms with Crippen LogP contribution in [0.2, 0.25) is 0 Å². The van der Waals surface area contributed by atoms with Crippen LogP contribution in [0.4, 0.5) is 0 Å². The standard InChI is InChI=1S/C36H25BN2O2/c40-37(41)25-18-20-35-30(22-25)28-13-5-8-16-33(28)38(35)26-19-21-36-31(23-26)29-14-6-9-17-34(29)39(36)32-15-7-4-12-27(32)24-10-2-1-3-11-24/h1-23,40-41H. The van der Waals surface area contributed by atoms with Gasteiger partial charge in [0.05, 0.1) is 27.8 Å². The van der Waals surface area contributed by atoms with Crippen LogP contribution in [0.25, 0.3) is 66.1 Å². The van der Waals surface area contributed by atoms with Crippen molar-refractivity contribution in [2.45, 2.75) is 0 Å². The molecule has 2 aromatic heterocycles. The van der Waals surface area contributed by atoms with Crippen molar-refractivity contribution in [1.29, 1.82) is 0 Å². The van der Waals surface area contributed by atoms with E-state index in [4.69, 9.17) is 0 Å². The molecule has 5 heteroatoms. The van der Waals surface area contributed by atoms with Gasteiger partial charge in [0.1, 0.15) is 0 Å². The zero-order valence-electron chi connectivity index (χ0n) is 22.1. The fourth-order valence-corrected chi connectivity index (χ4v) is 6.32. The van der Waals surface area contributed by atoms with Gasteiger partial charge in [-0.15, -0.1) is 0 Å². The summed E-state index contributed by atoms with van der Waals surface area (Å²) in [6.07, 6.45) is 0. The lowest BCUT2D eigenvalue weighted by molar-refractivity contribution is 0.426. The largest absolute Gasteiger partial charge is 0.488 e. The van der Waals surface area contributed by atoms with Crippen LogP contribution in [0, 0.1) is 0 Å². The lowest BCUT2D eigenvalue weighted by atomic mass is 9.80. The van der Waals surface area contributed by atoms with Gasteiger partial charge in [-0.25, -0.2) is 0 Å². The molecule has 0 aliphatic rings. The predicted molar refractivity (Wildman–Crippen MR) is 170 cm³/mol. The van der Waals surface area contributed by atoms with Crippen LogP contribution in [0.15, 0.2) is 140 Å². The molecule has 0 saturated carbocycles. The predicted octanol–water partition coefficient (Wildman–Crippen LogP) is 7.23. The number of hydrogen-bond acceptors (Lipinski definition) is 2. The monoisotopic (exact) mass is 528 g/mol. The molecule has 0 fully saturated rings. The molecular weight excluding hydrogens is 503 g/mol. The number of para-hydroxylation sites is 3. The second kappa shape index (κ2) is 9.24. The summed E-state index contributed by atoms with van der Waals surface area (Å²) < 4.78 is 4.64. The lowest BCUT2D eigenvalue weighted by Crippen LogP contribution is -2.29. The molecule has 194 valence electrons. The Labute approximate surface area is 237 Å². The van der Waals surface area contributed by atoms with Crippen LogP contribution in [-0.4, -0.2) is 26.3 Å². The SMILES string of the molecule is OB(O)c1ccc2c(c1)c1ccccc1n2-c1ccc2c(c1)c1ccccc1n2-c1ccccc1-c1ccccc1. The highest BCUT2D eigenvalue weighted by Gasteiger charge is 2.19. The molecule has 0 radical (unpaired) electrons. The first-order chi connectivity index (χ1) is 20.2. The Morgan fingerprint density at radius 2 is 1.00 bits per heavy atom. The molecule has 0 bridgehead atoms. The molecule has 0 aliphatic heterocycles. The summed E-state index contributed by atoms with van der Waals surface area (Å²) in [6, 6.07) is 48.3. The highest BCUT2D eigenvalue weighted by Crippen LogP contribution is 2.38. The summed E-state index contributed by atoms with van der Waals surface area (Å²) in [5.74, 6) is 0. The molecule has 0 saturated heterocycles. The molecule has 0 atom stereocenters. The summed E-state index contributed by atoms with van der Waals surface area (Å²) in [7, 11) is -1.51. The number of benzene rings is 6. The van der Waals surface area contributed by atoms with E-state index in [1.54, 1.807) is 6.07 Å². The van der Waals surface area contributed by atoms with Crippen LogP contribution in [0.3, 0.4) is 0 Å². The van der Waals surface area contributed by atoms with Gasteiger partial charge in [-0.2, -0.15) is 0 Å². The highest BCUT2D eigenvalue weighted by molar-refractivity contribution is 6.59. The molecule has 6 aromatic carbocycles. The summed E-state index contributed by atoms with van der Waals surface area (Å²) in [5.41, 5.74) is 9.45. The second-order valence-corrected chi connectivity index (χ2v) is 10.4. The summed E-state index contributed by atoms with van der Waals surface area (Å²) >= 11 is 0. The molecule has 4 nitrogen and oxygen atoms in total. The molecule has 2 heterocycles. The van der Waals surface area contributed by atoms with Gasteiger partial charge in [0.25, 0.3) is 0 Å². The lowest BCUT2D eigenvalue weighted by Gasteiger charge is -2.14. The van der Waals surface area contributed by atoms with E-state index in [0.29, 0.717) is 5.46 Å². The molecule has 0 amide bonds. The van der Waals surface area contributed by atoms with Crippen LogP contribution in [-0.2, 0) is 0 Å². The van der Waals surface area contributed by atoms with Gasteiger partial charge in [0, 0.05) is 32.8 Å². The van der Waals surface area contributed by atoms with E-state index in [2.05, 4.69) is 118 Å². The van der Waals surface area contributed by atoms with Gasteiger partial charge < -0.3 is 19.2 Å². The Hall–Kier alpha value is -5.10. The maximum Gasteiger partial charge on any atom is 0.488 e. The van der Waals surface area contributed by atoms with Crippen LogP contribution in [0.5, 0.6) is 0 Å². The van der Waals surface area contributed by atoms with Crippen LogP contribution >= 0.6 is 0 Å². The van der Waals surface area contributed by atoms with Crippen molar-refractivity contribution in [2.75, 3.05) is 0 Å². The van der Waals surface area contributed by atoms with E-state index in [-0.39, 0.29) is 0 Å². The van der Waals surface area contributed by atoms with Gasteiger partial charge in [-0.05, 0) is 53.5 Å². The smallest absolute Gasteiger partial charge is 0.423 e. The molecule has 8 aromatic rings. The molecule has 0 aliphatic carbocycles. The topological polar surface area (TPSA) is 50.3 Å². The Bertz CT molecular complexity index is 2250. The van der Waals surface area contributed by atoms with E-state index in [1.807, 2.05) is 24.3 Å². The van der Waals surface area contributed by atoms with Gasteiger partial charge in [-0.3, -0.25) is 0 Å². The number of nitrogens with zero attached hydrogens (tertiary/aromatic N) is 2. The third-order valence-electron chi connectivity index (χ3n) is 8.14. The summed E-state index contributed by atoms with van der Waals surface area (Å²) in [4.78, 5) is 0. The first kappa shape index (κ1) is 23.8. The van der Waals surface area contributed by atoms with Gasteiger partial charge in [0.15, 0.2) is 0 Å². The Morgan fingerprint density at radius 3 is 1.76 bits per heavy atom. The average Bonchev–Trinajstić information content (AvgIpc) is 3.53. The Kier molecular flexibility index (Phi) is 5.35. The average molecular weight is 528 g/mol. The minimum Gasteiger partial charge on any atom is -0.423 e. The molecule has 0 spiro atoms. The molecular formula is C36H25BN2O2. The maximum atomic E-state index is 9.83. The first-order valence-electron chi connectivity index (χ1n) is 13.8. The van der Waals surface area contributed by atoms with Crippen molar-refractivity contribution < 1.29 is 10.0 Å². The Balaban J connectivity index is 1.42. The van der Waals surface area contributed by atoms with Gasteiger partial charge >= 0.3 is 7.12 Å². The molecule has 2 N–H and O–H groups in total. The van der Waals surface area contributed by atoms with Crippen molar-refractivity contribution in [2.24, 2.45) is 0 Å². The minimum atomic E-state index is -1.51. The van der Waals surface area contributed by atoms with E-state index < -0.39 is 7.12 Å². The van der Waals surface area contributed by atoms with E-state index in [1.165, 1.54) is 21.9 Å². The molecule has 41 heavy (non-hydrogen) atoms. The first-order valence-corrected chi connectivity index (χ1v) is 13.8. The minimum absolute atomic E-state index is 0.482. The third kappa shape index (κ3) is 3.64. The highest BCUT2D eigenvalue weighted by atomic mass is 16.4.